The van der Waals surface area contributed by atoms with Crippen molar-refractivity contribution >= 4 is 28.3 Å². The molecule has 0 unspecified atom stereocenters. The fourth-order valence-electron chi connectivity index (χ4n) is 2.59. The summed E-state index contributed by atoms with van der Waals surface area (Å²) >= 11 is 6.24. The normalized spacial score (nSPS) is 11.0. The molecule has 1 heterocycles. The number of para-hydroxylation sites is 1. The molecule has 2 nitrogen and oxygen atoms in total. The Bertz CT molecular complexity index is 776. The average molecular weight is 300 g/mol. The predicted molar refractivity (Wildman–Crippen MR) is 89.1 cm³/mol. The first-order chi connectivity index (χ1) is 10.2. The van der Waals surface area contributed by atoms with E-state index in [-0.39, 0.29) is 0 Å². The van der Waals surface area contributed by atoms with E-state index in [9.17, 15) is 0 Å². The first-order valence-electron chi connectivity index (χ1n) is 7.18. The molecule has 3 aromatic rings. The van der Waals surface area contributed by atoms with Gasteiger partial charge in [0.25, 0.3) is 0 Å². The summed E-state index contributed by atoms with van der Waals surface area (Å²) in [5.74, 6) is 1.03. The van der Waals surface area contributed by atoms with E-state index in [1.165, 1.54) is 16.5 Å². The minimum atomic E-state index is 0.712. The highest BCUT2D eigenvalue weighted by Gasteiger charge is 2.12. The zero-order chi connectivity index (χ0) is 14.8. The highest BCUT2D eigenvalue weighted by atomic mass is 35.5. The lowest BCUT2D eigenvalue weighted by atomic mass is 10.1. The topological polar surface area (TPSA) is 25.2 Å². The molecule has 0 bridgehead atoms. The van der Waals surface area contributed by atoms with Gasteiger partial charge < -0.3 is 9.73 Å². The maximum atomic E-state index is 6.24. The van der Waals surface area contributed by atoms with Gasteiger partial charge in [0.1, 0.15) is 11.3 Å². The summed E-state index contributed by atoms with van der Waals surface area (Å²) < 4.78 is 5.92. The summed E-state index contributed by atoms with van der Waals surface area (Å²) in [5, 5.41) is 5.35. The zero-order valence-corrected chi connectivity index (χ0v) is 13.0. The number of hydrogen-bond donors (Lipinski definition) is 1. The van der Waals surface area contributed by atoms with Crippen molar-refractivity contribution < 1.29 is 4.42 Å². The molecular formula is C18H18ClNO. The molecule has 1 aromatic heterocycles. The van der Waals surface area contributed by atoms with Crippen LogP contribution in [0.5, 0.6) is 0 Å². The second-order valence-corrected chi connectivity index (χ2v) is 5.60. The van der Waals surface area contributed by atoms with Crippen molar-refractivity contribution in [3.63, 3.8) is 0 Å². The maximum Gasteiger partial charge on any atom is 0.134 e. The Kier molecular flexibility index (Phi) is 3.89. The molecule has 0 amide bonds. The van der Waals surface area contributed by atoms with Crippen LogP contribution >= 0.6 is 11.6 Å². The van der Waals surface area contributed by atoms with E-state index in [0.29, 0.717) is 6.54 Å². The van der Waals surface area contributed by atoms with E-state index in [2.05, 4.69) is 31.3 Å². The average Bonchev–Trinajstić information content (AvgIpc) is 2.86. The molecular weight excluding hydrogens is 282 g/mol. The lowest BCUT2D eigenvalue weighted by molar-refractivity contribution is 0.551. The summed E-state index contributed by atoms with van der Waals surface area (Å²) in [6.07, 6.45) is 0.882. The molecule has 3 heteroatoms. The number of hydrogen-bond acceptors (Lipinski definition) is 2. The zero-order valence-electron chi connectivity index (χ0n) is 12.2. The van der Waals surface area contributed by atoms with Gasteiger partial charge in [0.2, 0.25) is 0 Å². The lowest BCUT2D eigenvalue weighted by Crippen LogP contribution is -2.02. The standard InChI is InChI=1S/C18H18ClNO/c1-3-17-14(13-6-4-5-7-18(13)21-17)11-20-16-10-12(2)8-9-15(16)19/h4-10,20H,3,11H2,1-2H3. The second kappa shape index (κ2) is 5.82. The summed E-state index contributed by atoms with van der Waals surface area (Å²) in [7, 11) is 0. The first kappa shape index (κ1) is 14.0. The quantitative estimate of drug-likeness (QED) is 0.681. The molecule has 0 saturated carbocycles. The Labute approximate surface area is 129 Å². The van der Waals surface area contributed by atoms with Gasteiger partial charge in [-0.2, -0.15) is 0 Å². The SMILES string of the molecule is CCc1oc2ccccc2c1CNc1cc(C)ccc1Cl. The number of aryl methyl sites for hydroxylation is 2. The van der Waals surface area contributed by atoms with Crippen LogP contribution in [-0.4, -0.2) is 0 Å². The van der Waals surface area contributed by atoms with Crippen molar-refractivity contribution in [3.8, 4) is 0 Å². The van der Waals surface area contributed by atoms with E-state index >= 15 is 0 Å². The molecule has 2 aromatic carbocycles. The molecule has 0 fully saturated rings. The van der Waals surface area contributed by atoms with Gasteiger partial charge in [0, 0.05) is 23.9 Å². The van der Waals surface area contributed by atoms with Crippen molar-refractivity contribution in [1.29, 1.82) is 0 Å². The maximum absolute atomic E-state index is 6.24. The van der Waals surface area contributed by atoms with Gasteiger partial charge >= 0.3 is 0 Å². The fraction of sp³-hybridized carbons (Fsp3) is 0.222. The number of fused-ring (bicyclic) bond motifs is 1. The Balaban J connectivity index is 1.93. The van der Waals surface area contributed by atoms with Crippen LogP contribution in [0.15, 0.2) is 46.9 Å². The predicted octanol–water partition coefficient (Wildman–Crippen LogP) is 5.57. The molecule has 0 aliphatic rings. The molecule has 0 aliphatic carbocycles. The first-order valence-corrected chi connectivity index (χ1v) is 7.56. The van der Waals surface area contributed by atoms with Gasteiger partial charge in [-0.25, -0.2) is 0 Å². The molecule has 108 valence electrons. The summed E-state index contributed by atoms with van der Waals surface area (Å²) in [5.41, 5.74) is 4.31. The molecule has 0 spiro atoms. The second-order valence-electron chi connectivity index (χ2n) is 5.19. The number of nitrogens with one attached hydrogen (secondary N) is 1. The van der Waals surface area contributed by atoms with Crippen LogP contribution in [-0.2, 0) is 13.0 Å². The number of furan rings is 1. The highest BCUT2D eigenvalue weighted by molar-refractivity contribution is 6.33. The monoisotopic (exact) mass is 299 g/mol. The molecule has 1 N–H and O–H groups in total. The van der Waals surface area contributed by atoms with E-state index in [1.54, 1.807) is 0 Å². The third kappa shape index (κ3) is 2.77. The van der Waals surface area contributed by atoms with Crippen molar-refractivity contribution in [2.75, 3.05) is 5.32 Å². The Morgan fingerprint density at radius 3 is 2.76 bits per heavy atom. The van der Waals surface area contributed by atoms with Crippen molar-refractivity contribution in [2.45, 2.75) is 26.8 Å². The van der Waals surface area contributed by atoms with Gasteiger partial charge in [-0.3, -0.25) is 0 Å². The third-order valence-electron chi connectivity index (χ3n) is 3.68. The molecule has 21 heavy (non-hydrogen) atoms. The molecule has 0 saturated heterocycles. The highest BCUT2D eigenvalue weighted by Crippen LogP contribution is 2.29. The summed E-state index contributed by atoms with van der Waals surface area (Å²) in [4.78, 5) is 0. The van der Waals surface area contributed by atoms with Crippen LogP contribution in [0.3, 0.4) is 0 Å². The minimum absolute atomic E-state index is 0.712. The van der Waals surface area contributed by atoms with Gasteiger partial charge in [0.15, 0.2) is 0 Å². The summed E-state index contributed by atoms with van der Waals surface area (Å²) in [6, 6.07) is 14.2. The Hall–Kier alpha value is -1.93. The van der Waals surface area contributed by atoms with Crippen LogP contribution in [0.1, 0.15) is 23.8 Å². The largest absolute Gasteiger partial charge is 0.461 e. The van der Waals surface area contributed by atoms with Crippen LogP contribution in [0.2, 0.25) is 5.02 Å². The van der Waals surface area contributed by atoms with Crippen LogP contribution < -0.4 is 5.32 Å². The minimum Gasteiger partial charge on any atom is -0.461 e. The van der Waals surface area contributed by atoms with E-state index in [0.717, 1.165) is 28.5 Å². The Morgan fingerprint density at radius 2 is 1.95 bits per heavy atom. The number of benzene rings is 2. The van der Waals surface area contributed by atoms with Crippen LogP contribution in [0.4, 0.5) is 5.69 Å². The number of anilines is 1. The van der Waals surface area contributed by atoms with Gasteiger partial charge in [-0.15, -0.1) is 0 Å². The third-order valence-corrected chi connectivity index (χ3v) is 4.01. The van der Waals surface area contributed by atoms with Crippen molar-refractivity contribution in [3.05, 3.63) is 64.4 Å². The molecule has 0 atom stereocenters. The van der Waals surface area contributed by atoms with Gasteiger partial charge in [-0.1, -0.05) is 42.8 Å². The molecule has 0 radical (unpaired) electrons. The molecule has 3 rings (SSSR count). The van der Waals surface area contributed by atoms with E-state index in [4.69, 9.17) is 16.0 Å². The fourth-order valence-corrected chi connectivity index (χ4v) is 2.77. The van der Waals surface area contributed by atoms with Crippen molar-refractivity contribution in [2.24, 2.45) is 0 Å². The Morgan fingerprint density at radius 1 is 1.14 bits per heavy atom. The number of rotatable bonds is 4. The molecule has 0 aliphatic heterocycles. The lowest BCUT2D eigenvalue weighted by Gasteiger charge is -2.09. The van der Waals surface area contributed by atoms with Crippen molar-refractivity contribution in [1.82, 2.24) is 0 Å². The van der Waals surface area contributed by atoms with Gasteiger partial charge in [0.05, 0.1) is 10.7 Å². The smallest absolute Gasteiger partial charge is 0.134 e. The summed E-state index contributed by atoms with van der Waals surface area (Å²) in [6.45, 7) is 4.89. The van der Waals surface area contributed by atoms with Crippen LogP contribution in [0.25, 0.3) is 11.0 Å². The number of halogens is 1. The van der Waals surface area contributed by atoms with E-state index in [1.807, 2.05) is 30.3 Å². The van der Waals surface area contributed by atoms with E-state index < -0.39 is 0 Å². The van der Waals surface area contributed by atoms with Gasteiger partial charge in [-0.05, 0) is 30.7 Å². The van der Waals surface area contributed by atoms with Crippen LogP contribution in [0, 0.1) is 6.92 Å².